The molecule has 0 saturated heterocycles. The molecular formula is C8H18K3O5P. The second-order valence-corrected chi connectivity index (χ2v) is 3.94. The van der Waals surface area contributed by atoms with Gasteiger partial charge < -0.3 is 24.4 Å². The van der Waals surface area contributed by atoms with Gasteiger partial charge in [0.2, 0.25) is 0 Å². The van der Waals surface area contributed by atoms with Gasteiger partial charge in [-0.25, -0.2) is 0 Å². The molecule has 0 radical (unpaired) electrons. The van der Waals surface area contributed by atoms with Crippen LogP contribution in [0, 0.1) is 5.92 Å². The summed E-state index contributed by atoms with van der Waals surface area (Å²) in [7, 11) is -5.39. The van der Waals surface area contributed by atoms with Crippen molar-refractivity contribution >= 4 is 7.82 Å². The van der Waals surface area contributed by atoms with Crippen LogP contribution in [0.15, 0.2) is 0 Å². The molecule has 0 aromatic heterocycles. The Morgan fingerprint density at radius 1 is 1.12 bits per heavy atom. The van der Waals surface area contributed by atoms with Gasteiger partial charge >= 0.3 is 154 Å². The van der Waals surface area contributed by atoms with E-state index >= 15 is 0 Å². The maximum Gasteiger partial charge on any atom is 1.00 e. The molecule has 0 fully saturated rings. The molecule has 0 aliphatic heterocycles. The second kappa shape index (κ2) is 23.2. The molecule has 0 saturated carbocycles. The van der Waals surface area contributed by atoms with Gasteiger partial charge in [0.15, 0.2) is 0 Å². The van der Waals surface area contributed by atoms with Gasteiger partial charge in [-0.1, -0.05) is 33.1 Å². The van der Waals surface area contributed by atoms with Crippen molar-refractivity contribution in [3.05, 3.63) is 0 Å². The van der Waals surface area contributed by atoms with E-state index in [1.165, 1.54) is 19.3 Å². The second-order valence-electron chi connectivity index (χ2n) is 3.05. The smallest absolute Gasteiger partial charge is 0.822 e. The van der Waals surface area contributed by atoms with Crippen LogP contribution in [0.3, 0.4) is 0 Å². The van der Waals surface area contributed by atoms with Crippen LogP contribution in [-0.4, -0.2) is 11.7 Å². The van der Waals surface area contributed by atoms with Crippen LogP contribution in [0.4, 0.5) is 0 Å². The van der Waals surface area contributed by atoms with E-state index < -0.39 is 7.82 Å². The van der Waals surface area contributed by atoms with E-state index in [0.717, 1.165) is 6.42 Å². The molecule has 0 aliphatic carbocycles. The Bertz CT molecular complexity index is 155. The zero-order chi connectivity index (χ0) is 11.6. The fraction of sp³-hybridized carbons (Fsp3) is 1.00. The summed E-state index contributed by atoms with van der Waals surface area (Å²) < 4.78 is 8.55. The Kier molecular flexibility index (Phi) is 45.9. The maximum atomic E-state index is 8.75. The molecule has 0 spiro atoms. The van der Waals surface area contributed by atoms with Crippen molar-refractivity contribution in [1.82, 2.24) is 0 Å². The molecule has 88 valence electrons. The fourth-order valence-corrected chi connectivity index (χ4v) is 0.917. The number of hydrogen-bond donors (Lipinski definition) is 1. The Morgan fingerprint density at radius 3 is 1.65 bits per heavy atom. The van der Waals surface area contributed by atoms with Crippen molar-refractivity contribution in [1.29, 1.82) is 0 Å². The fourth-order valence-electron chi connectivity index (χ4n) is 0.917. The van der Waals surface area contributed by atoms with Gasteiger partial charge in [-0.05, 0) is 12.3 Å². The molecule has 0 aliphatic rings. The summed E-state index contributed by atoms with van der Waals surface area (Å²) in [5, 5.41) is 8.75. The van der Waals surface area contributed by atoms with Crippen molar-refractivity contribution in [2.24, 2.45) is 5.92 Å². The molecule has 1 N–H and O–H groups in total. The molecule has 1 unspecified atom stereocenters. The first kappa shape index (κ1) is 33.6. The summed E-state index contributed by atoms with van der Waals surface area (Å²) in [4.78, 5) is 25.6. The number of aliphatic hydroxyl groups excluding tert-OH is 1. The topological polar surface area (TPSA) is 106 Å². The summed E-state index contributed by atoms with van der Waals surface area (Å²) in [5.41, 5.74) is 0. The van der Waals surface area contributed by atoms with Crippen molar-refractivity contribution in [2.75, 3.05) is 6.61 Å². The Hall–Kier alpha value is 4.98. The normalized spacial score (nSPS) is 10.7. The first-order valence-corrected chi connectivity index (χ1v) is 6.15. The van der Waals surface area contributed by atoms with Crippen molar-refractivity contribution in [3.8, 4) is 0 Å². The Labute approximate surface area is 232 Å². The van der Waals surface area contributed by atoms with Crippen LogP contribution in [-0.2, 0) is 4.57 Å². The number of unbranched alkanes of at least 4 members (excludes halogenated alkanes) is 1. The molecular weight excluding hydrogens is 324 g/mol. The third-order valence-corrected chi connectivity index (χ3v) is 1.80. The largest absolute Gasteiger partial charge is 1.00 e. The molecule has 0 heterocycles. The zero-order valence-electron chi connectivity index (χ0n) is 11.6. The molecule has 0 amide bonds. The SMILES string of the molecule is CCCCC(CC)CO.O=P([O-])([O-])[O-].[K+].[K+].[K+]. The van der Waals surface area contributed by atoms with Crippen molar-refractivity contribution in [3.63, 3.8) is 0 Å². The number of phosphoric acid groups is 1. The van der Waals surface area contributed by atoms with Gasteiger partial charge in [-0.15, -0.1) is 0 Å². The van der Waals surface area contributed by atoms with E-state index in [9.17, 15) is 0 Å². The molecule has 0 rings (SSSR count). The molecule has 1 atom stereocenters. The molecule has 0 bridgehead atoms. The Balaban J connectivity index is -0.0000000533. The van der Waals surface area contributed by atoms with Crippen molar-refractivity contribution < 1.29 is 179 Å². The minimum absolute atomic E-state index is 0. The first-order valence-electron chi connectivity index (χ1n) is 4.69. The van der Waals surface area contributed by atoms with E-state index in [1.807, 2.05) is 0 Å². The Morgan fingerprint density at radius 2 is 1.47 bits per heavy atom. The standard InChI is InChI=1S/C8H18O.3K.H3O4P/c1-3-5-6-8(4-2)7-9;;;;1-5(2,3)4/h8-9H,3-7H2,1-2H3;;;;(H3,1,2,3,4)/q;3*+1;/p-3. The van der Waals surface area contributed by atoms with Gasteiger partial charge in [-0.2, -0.15) is 7.82 Å². The van der Waals surface area contributed by atoms with E-state index in [-0.39, 0.29) is 154 Å². The van der Waals surface area contributed by atoms with Gasteiger partial charge in [0, 0.05) is 6.61 Å². The summed E-state index contributed by atoms with van der Waals surface area (Å²) in [6.45, 7) is 4.69. The number of rotatable bonds is 5. The average Bonchev–Trinajstić information content (AvgIpc) is 2.04. The quantitative estimate of drug-likeness (QED) is 0.394. The van der Waals surface area contributed by atoms with Crippen LogP contribution in [0.2, 0.25) is 0 Å². The van der Waals surface area contributed by atoms with Crippen LogP contribution in [0.25, 0.3) is 0 Å². The van der Waals surface area contributed by atoms with E-state index in [4.69, 9.17) is 24.4 Å². The molecule has 17 heavy (non-hydrogen) atoms. The van der Waals surface area contributed by atoms with Crippen LogP contribution < -0.4 is 169 Å². The summed E-state index contributed by atoms with van der Waals surface area (Å²) in [6.07, 6.45) is 4.83. The van der Waals surface area contributed by atoms with E-state index in [0.29, 0.717) is 12.5 Å². The van der Waals surface area contributed by atoms with Gasteiger partial charge in [0.05, 0.1) is 0 Å². The minimum atomic E-state index is -5.39. The zero-order valence-corrected chi connectivity index (χ0v) is 21.9. The van der Waals surface area contributed by atoms with E-state index in [2.05, 4.69) is 13.8 Å². The summed E-state index contributed by atoms with van der Waals surface area (Å²) in [6, 6.07) is 0. The number of aliphatic hydroxyl groups is 1. The third kappa shape index (κ3) is 44.9. The minimum Gasteiger partial charge on any atom is -0.822 e. The predicted molar refractivity (Wildman–Crippen MR) is 48.0 cm³/mol. The number of hydrogen-bond acceptors (Lipinski definition) is 5. The molecule has 0 aromatic carbocycles. The summed E-state index contributed by atoms with van der Waals surface area (Å²) >= 11 is 0. The monoisotopic (exact) mass is 342 g/mol. The van der Waals surface area contributed by atoms with Crippen LogP contribution >= 0.6 is 7.82 Å². The van der Waals surface area contributed by atoms with Crippen LogP contribution in [0.1, 0.15) is 39.5 Å². The molecule has 9 heteroatoms. The van der Waals surface area contributed by atoms with Crippen molar-refractivity contribution in [2.45, 2.75) is 39.5 Å². The van der Waals surface area contributed by atoms with E-state index in [1.54, 1.807) is 0 Å². The van der Waals surface area contributed by atoms with Gasteiger partial charge in [0.25, 0.3) is 0 Å². The first-order chi connectivity index (χ1) is 6.35. The molecule has 5 nitrogen and oxygen atoms in total. The van der Waals surface area contributed by atoms with Gasteiger partial charge in [-0.3, -0.25) is 0 Å². The predicted octanol–water partition coefficient (Wildman–Crippen LogP) is -9.62. The maximum absolute atomic E-state index is 8.75. The molecule has 0 aromatic rings. The van der Waals surface area contributed by atoms with Crippen LogP contribution in [0.5, 0.6) is 0 Å². The average molecular weight is 342 g/mol. The van der Waals surface area contributed by atoms with Gasteiger partial charge in [0.1, 0.15) is 0 Å². The third-order valence-electron chi connectivity index (χ3n) is 1.80. The summed E-state index contributed by atoms with van der Waals surface area (Å²) in [5.74, 6) is 0.560.